The van der Waals surface area contributed by atoms with E-state index in [4.69, 9.17) is 0 Å². The zero-order valence-electron chi connectivity index (χ0n) is 32.3. The van der Waals surface area contributed by atoms with Crippen LogP contribution in [-0.4, -0.2) is 9.13 Å². The molecule has 58 heavy (non-hydrogen) atoms. The molecule has 0 fully saturated rings. The van der Waals surface area contributed by atoms with E-state index in [2.05, 4.69) is 217 Å². The maximum absolute atomic E-state index is 2.53. The Bertz CT molecular complexity index is 3410. The zero-order chi connectivity index (χ0) is 38.5. The zero-order valence-corrected chi connectivity index (χ0v) is 33.1. The second kappa shape index (κ2) is 12.5. The van der Waals surface area contributed by atoms with E-state index in [1.54, 1.807) is 0 Å². The van der Waals surface area contributed by atoms with Gasteiger partial charge in [-0.3, -0.25) is 0 Å². The molecule has 8 aromatic carbocycles. The number of benzene rings is 8. The van der Waals surface area contributed by atoms with Crippen LogP contribution in [0.25, 0.3) is 98.1 Å². The van der Waals surface area contributed by atoms with Crippen molar-refractivity contribution < 1.29 is 0 Å². The van der Waals surface area contributed by atoms with Gasteiger partial charge in [-0.25, -0.2) is 0 Å². The van der Waals surface area contributed by atoms with Crippen molar-refractivity contribution in [2.75, 3.05) is 0 Å². The summed E-state index contributed by atoms with van der Waals surface area (Å²) in [6.07, 6.45) is 0. The molecule has 12 rings (SSSR count). The number of rotatable bonds is 5. The van der Waals surface area contributed by atoms with Crippen molar-refractivity contribution >= 4 is 53.3 Å². The fourth-order valence-electron chi connectivity index (χ4n) is 9.95. The minimum absolute atomic E-state index is 0.121. The molecule has 11 aromatic rings. The number of aromatic nitrogens is 2. The van der Waals surface area contributed by atoms with Crippen LogP contribution < -0.4 is 0 Å². The number of nitrogens with zero attached hydrogens (tertiary/aromatic N) is 2. The molecular formula is C55H38N2S. The van der Waals surface area contributed by atoms with Crippen molar-refractivity contribution in [3.8, 4) is 56.1 Å². The molecule has 0 radical (unpaired) electrons. The Hall–Kier alpha value is -6.94. The molecule has 0 unspecified atom stereocenters. The van der Waals surface area contributed by atoms with Gasteiger partial charge in [0.2, 0.25) is 0 Å². The summed E-state index contributed by atoms with van der Waals surface area (Å²) in [7, 11) is 0. The molecule has 0 aliphatic heterocycles. The first-order chi connectivity index (χ1) is 28.6. The van der Waals surface area contributed by atoms with Gasteiger partial charge < -0.3 is 9.13 Å². The lowest BCUT2D eigenvalue weighted by molar-refractivity contribution is 0.660. The van der Waals surface area contributed by atoms with E-state index in [0.29, 0.717) is 0 Å². The first kappa shape index (κ1) is 33.2. The largest absolute Gasteiger partial charge is 0.309 e. The van der Waals surface area contributed by atoms with Crippen LogP contribution in [0.15, 0.2) is 194 Å². The summed E-state index contributed by atoms with van der Waals surface area (Å²) in [6, 6.07) is 71.9. The van der Waals surface area contributed by atoms with Gasteiger partial charge in [-0.1, -0.05) is 166 Å². The topological polar surface area (TPSA) is 9.86 Å². The summed E-state index contributed by atoms with van der Waals surface area (Å²) in [5.41, 5.74) is 17.2. The van der Waals surface area contributed by atoms with Crippen molar-refractivity contribution in [1.29, 1.82) is 0 Å². The van der Waals surface area contributed by atoms with Gasteiger partial charge in [-0.05, 0) is 75.8 Å². The highest BCUT2D eigenvalue weighted by Crippen LogP contribution is 2.53. The van der Waals surface area contributed by atoms with Gasteiger partial charge in [0, 0.05) is 58.9 Å². The number of hydrogen-bond acceptors (Lipinski definition) is 1. The maximum atomic E-state index is 2.53. The monoisotopic (exact) mass is 758 g/mol. The summed E-state index contributed by atoms with van der Waals surface area (Å²) in [4.78, 5) is 0. The Balaban J connectivity index is 1.21. The van der Waals surface area contributed by atoms with Crippen molar-refractivity contribution in [3.05, 3.63) is 205 Å². The highest BCUT2D eigenvalue weighted by Gasteiger charge is 2.36. The van der Waals surface area contributed by atoms with Gasteiger partial charge in [0.05, 0.1) is 22.4 Å². The molecule has 0 spiro atoms. The van der Waals surface area contributed by atoms with E-state index >= 15 is 0 Å². The second-order valence-corrected chi connectivity index (χ2v) is 17.1. The number of hydrogen-bond donors (Lipinski definition) is 0. The predicted octanol–water partition coefficient (Wildman–Crippen LogP) is 15.2. The summed E-state index contributed by atoms with van der Waals surface area (Å²) in [5.74, 6) is 0. The van der Waals surface area contributed by atoms with E-state index in [-0.39, 0.29) is 5.41 Å². The van der Waals surface area contributed by atoms with Gasteiger partial charge >= 0.3 is 0 Å². The lowest BCUT2D eigenvalue weighted by atomic mass is 9.82. The molecule has 0 saturated heterocycles. The van der Waals surface area contributed by atoms with Crippen LogP contribution in [0.3, 0.4) is 0 Å². The van der Waals surface area contributed by atoms with Crippen LogP contribution in [0, 0.1) is 0 Å². The number of para-hydroxylation sites is 2. The van der Waals surface area contributed by atoms with Crippen molar-refractivity contribution in [1.82, 2.24) is 9.13 Å². The predicted molar refractivity (Wildman–Crippen MR) is 247 cm³/mol. The van der Waals surface area contributed by atoms with Gasteiger partial charge in [0.25, 0.3) is 0 Å². The molecule has 274 valence electrons. The highest BCUT2D eigenvalue weighted by molar-refractivity contribution is 7.25. The fourth-order valence-corrected chi connectivity index (χ4v) is 11.1. The van der Waals surface area contributed by atoms with E-state index < -0.39 is 0 Å². The summed E-state index contributed by atoms with van der Waals surface area (Å²) < 4.78 is 7.65. The molecular weight excluding hydrogens is 721 g/mol. The maximum Gasteiger partial charge on any atom is 0.0620 e. The van der Waals surface area contributed by atoms with Crippen LogP contribution >= 0.6 is 11.3 Å². The molecule has 0 atom stereocenters. The molecule has 3 aromatic heterocycles. The van der Waals surface area contributed by atoms with Crippen LogP contribution in [0.4, 0.5) is 0 Å². The number of fused-ring (bicyclic) bond motifs is 8. The molecule has 1 aliphatic carbocycles. The molecule has 0 bridgehead atoms. The minimum atomic E-state index is -0.121. The van der Waals surface area contributed by atoms with Crippen LogP contribution in [0.1, 0.15) is 25.0 Å². The smallest absolute Gasteiger partial charge is 0.0620 e. The molecule has 3 heterocycles. The Labute approximate surface area is 341 Å². The van der Waals surface area contributed by atoms with Crippen LogP contribution in [-0.2, 0) is 5.41 Å². The van der Waals surface area contributed by atoms with E-state index in [1.165, 1.54) is 104 Å². The lowest BCUT2D eigenvalue weighted by Crippen LogP contribution is -2.15. The van der Waals surface area contributed by atoms with Crippen molar-refractivity contribution in [3.63, 3.8) is 0 Å². The Morgan fingerprint density at radius 2 is 0.862 bits per heavy atom. The van der Waals surface area contributed by atoms with Crippen LogP contribution in [0.2, 0.25) is 0 Å². The first-order valence-electron chi connectivity index (χ1n) is 20.1. The fraction of sp³-hybridized carbons (Fsp3) is 0.0545. The Kier molecular flexibility index (Phi) is 7.18. The average molecular weight is 759 g/mol. The third kappa shape index (κ3) is 4.71. The van der Waals surface area contributed by atoms with Crippen molar-refractivity contribution in [2.24, 2.45) is 0 Å². The normalized spacial score (nSPS) is 13.1. The van der Waals surface area contributed by atoms with Gasteiger partial charge in [-0.15, -0.1) is 11.3 Å². The molecule has 0 saturated carbocycles. The molecule has 1 aliphatic rings. The standard InChI is InChI=1S/C55H38N2S/c1-55(2)45-25-13-9-21-39(45)40-31-29-37(33-46(40)55)56-47-26-14-10-23-43(47)51(53(56)35-17-5-3-6-18-35)52-44-24-11-15-27-48(44)57(54(52)36-19-7-4-8-20-36)38-30-32-42-41-22-12-16-28-49(41)58-50(42)34-38/h3-34H,1-2H3. The summed E-state index contributed by atoms with van der Waals surface area (Å²) >= 11 is 1.87. The van der Waals surface area contributed by atoms with Gasteiger partial charge in [-0.2, -0.15) is 0 Å². The highest BCUT2D eigenvalue weighted by atomic mass is 32.1. The average Bonchev–Trinajstić information content (AvgIpc) is 3.99. The molecule has 3 heteroatoms. The Morgan fingerprint density at radius 3 is 1.52 bits per heavy atom. The SMILES string of the molecule is CC1(C)c2ccccc2-c2ccc(-n3c(-c4ccccc4)c(-c4c(-c5ccccc5)n(-c5ccc6c(c5)sc5ccccc56)c5ccccc45)c4ccccc43)cc21. The molecule has 2 nitrogen and oxygen atoms in total. The minimum Gasteiger partial charge on any atom is -0.309 e. The summed E-state index contributed by atoms with van der Waals surface area (Å²) in [5, 5.41) is 5.07. The Morgan fingerprint density at radius 1 is 0.379 bits per heavy atom. The first-order valence-corrected chi connectivity index (χ1v) is 20.9. The van der Waals surface area contributed by atoms with E-state index in [1.807, 2.05) is 11.3 Å². The number of thiophene rings is 1. The van der Waals surface area contributed by atoms with Crippen LogP contribution in [0.5, 0.6) is 0 Å². The van der Waals surface area contributed by atoms with Gasteiger partial charge in [0.1, 0.15) is 0 Å². The lowest BCUT2D eigenvalue weighted by Gasteiger charge is -2.22. The summed E-state index contributed by atoms with van der Waals surface area (Å²) in [6.45, 7) is 4.74. The van der Waals surface area contributed by atoms with E-state index in [0.717, 1.165) is 5.69 Å². The quantitative estimate of drug-likeness (QED) is 0.165. The van der Waals surface area contributed by atoms with E-state index in [9.17, 15) is 0 Å². The van der Waals surface area contributed by atoms with Crippen molar-refractivity contribution in [2.45, 2.75) is 19.3 Å². The van der Waals surface area contributed by atoms with Gasteiger partial charge in [0.15, 0.2) is 0 Å². The molecule has 0 N–H and O–H groups in total. The third-order valence-corrected chi connectivity index (χ3v) is 13.7. The third-order valence-electron chi connectivity index (χ3n) is 12.5. The molecule has 0 amide bonds. The second-order valence-electron chi connectivity index (χ2n) is 16.1.